The Morgan fingerprint density at radius 2 is 2.25 bits per heavy atom. The molecule has 104 valence electrons. The van der Waals surface area contributed by atoms with Gasteiger partial charge in [0, 0.05) is 16.3 Å². The summed E-state index contributed by atoms with van der Waals surface area (Å²) >= 11 is 3.34. The van der Waals surface area contributed by atoms with Crippen LogP contribution in [0.1, 0.15) is 5.69 Å². The number of methoxy groups -OCH3 is 1. The molecule has 2 rings (SSSR count). The van der Waals surface area contributed by atoms with Crippen LogP contribution in [0, 0.1) is 0 Å². The predicted molar refractivity (Wildman–Crippen MR) is 79.6 cm³/mol. The van der Waals surface area contributed by atoms with Crippen LogP contribution in [0.2, 0.25) is 0 Å². The van der Waals surface area contributed by atoms with Crippen molar-refractivity contribution in [1.29, 1.82) is 0 Å². The number of carbonyl (C=O) groups excluding carboxylic acids is 1. The number of esters is 1. The maximum atomic E-state index is 12.3. The number of ether oxygens (including phenoxy) is 1. The van der Waals surface area contributed by atoms with E-state index in [0.29, 0.717) is 17.5 Å². The van der Waals surface area contributed by atoms with Gasteiger partial charge in [-0.1, -0.05) is 28.1 Å². The minimum absolute atomic E-state index is 0.206. The van der Waals surface area contributed by atoms with Gasteiger partial charge in [-0.05, 0) is 12.1 Å². The standard InChI is InChI=1S/C14H13BrN2O3/c1-3-4-12-10-6-5-9(15)7-11(10)14(19)17(16-12)8-13(18)20-2/h3,5-7H,1,4,8H2,2H3. The van der Waals surface area contributed by atoms with Crippen molar-refractivity contribution in [2.24, 2.45) is 0 Å². The molecular formula is C14H13BrN2O3. The molecule has 0 radical (unpaired) electrons. The first-order chi connectivity index (χ1) is 9.56. The summed E-state index contributed by atoms with van der Waals surface area (Å²) in [5.74, 6) is -0.515. The summed E-state index contributed by atoms with van der Waals surface area (Å²) in [7, 11) is 1.27. The Hall–Kier alpha value is -1.95. The lowest BCUT2D eigenvalue weighted by atomic mass is 10.1. The fourth-order valence-corrected chi connectivity index (χ4v) is 2.27. The van der Waals surface area contributed by atoms with Crippen molar-refractivity contribution in [3.8, 4) is 0 Å². The van der Waals surface area contributed by atoms with E-state index in [0.717, 1.165) is 14.5 Å². The van der Waals surface area contributed by atoms with Crippen LogP contribution in [0.4, 0.5) is 0 Å². The Morgan fingerprint density at radius 1 is 1.50 bits per heavy atom. The molecule has 1 aromatic heterocycles. The minimum Gasteiger partial charge on any atom is -0.468 e. The highest BCUT2D eigenvalue weighted by molar-refractivity contribution is 9.10. The van der Waals surface area contributed by atoms with Gasteiger partial charge in [-0.25, -0.2) is 4.68 Å². The SMILES string of the molecule is C=CCc1nn(CC(=O)OC)c(=O)c2cc(Br)ccc12. The Kier molecular flexibility index (Phi) is 4.34. The van der Waals surface area contributed by atoms with Gasteiger partial charge in [-0.15, -0.1) is 6.58 Å². The van der Waals surface area contributed by atoms with Gasteiger partial charge < -0.3 is 4.74 Å². The Morgan fingerprint density at radius 3 is 2.90 bits per heavy atom. The lowest BCUT2D eigenvalue weighted by molar-refractivity contribution is -0.141. The summed E-state index contributed by atoms with van der Waals surface area (Å²) in [4.78, 5) is 23.7. The molecule has 1 aromatic carbocycles. The van der Waals surface area contributed by atoms with Crippen LogP contribution in [0.3, 0.4) is 0 Å². The molecule has 0 N–H and O–H groups in total. The monoisotopic (exact) mass is 336 g/mol. The first kappa shape index (κ1) is 14.5. The first-order valence-corrected chi connectivity index (χ1v) is 6.73. The van der Waals surface area contributed by atoms with Crippen molar-refractivity contribution in [3.05, 3.63) is 51.4 Å². The quantitative estimate of drug-likeness (QED) is 0.633. The highest BCUT2D eigenvalue weighted by atomic mass is 79.9. The van der Waals surface area contributed by atoms with Gasteiger partial charge in [0.1, 0.15) is 6.54 Å². The molecular weight excluding hydrogens is 324 g/mol. The van der Waals surface area contributed by atoms with Crippen molar-refractivity contribution in [1.82, 2.24) is 9.78 Å². The van der Waals surface area contributed by atoms with E-state index in [9.17, 15) is 9.59 Å². The third kappa shape index (κ3) is 2.80. The fourth-order valence-electron chi connectivity index (χ4n) is 1.91. The molecule has 0 aliphatic heterocycles. The largest absolute Gasteiger partial charge is 0.468 e. The van der Waals surface area contributed by atoms with Crippen LogP contribution in [-0.2, 0) is 22.5 Å². The Balaban J connectivity index is 2.70. The van der Waals surface area contributed by atoms with E-state index in [1.54, 1.807) is 12.1 Å². The van der Waals surface area contributed by atoms with E-state index in [2.05, 4.69) is 32.3 Å². The Bertz CT molecular complexity index is 737. The molecule has 0 aliphatic rings. The molecule has 0 unspecified atom stereocenters. The highest BCUT2D eigenvalue weighted by Gasteiger charge is 2.12. The summed E-state index contributed by atoms with van der Waals surface area (Å²) in [6, 6.07) is 5.40. The van der Waals surface area contributed by atoms with Crippen LogP contribution < -0.4 is 5.56 Å². The fraction of sp³-hybridized carbons (Fsp3) is 0.214. The van der Waals surface area contributed by atoms with Crippen LogP contribution in [0.5, 0.6) is 0 Å². The van der Waals surface area contributed by atoms with Crippen LogP contribution in [-0.4, -0.2) is 22.9 Å². The van der Waals surface area contributed by atoms with Gasteiger partial charge in [0.25, 0.3) is 5.56 Å². The lowest BCUT2D eigenvalue weighted by Gasteiger charge is -2.09. The molecule has 0 spiro atoms. The number of rotatable bonds is 4. The highest BCUT2D eigenvalue weighted by Crippen LogP contribution is 2.19. The topological polar surface area (TPSA) is 61.2 Å². The molecule has 20 heavy (non-hydrogen) atoms. The van der Waals surface area contributed by atoms with Gasteiger partial charge in [0.05, 0.1) is 18.2 Å². The maximum Gasteiger partial charge on any atom is 0.327 e. The second kappa shape index (κ2) is 6.00. The summed E-state index contributed by atoms with van der Waals surface area (Å²) in [6.07, 6.45) is 2.22. The van der Waals surface area contributed by atoms with Crippen LogP contribution >= 0.6 is 15.9 Å². The summed E-state index contributed by atoms with van der Waals surface area (Å²) < 4.78 is 6.50. The van der Waals surface area contributed by atoms with Crippen molar-refractivity contribution < 1.29 is 9.53 Å². The predicted octanol–water partition coefficient (Wildman–Crippen LogP) is 2.06. The van der Waals surface area contributed by atoms with E-state index in [4.69, 9.17) is 0 Å². The van der Waals surface area contributed by atoms with Crippen LogP contribution in [0.15, 0.2) is 40.1 Å². The molecule has 0 saturated carbocycles. The molecule has 5 nitrogen and oxygen atoms in total. The van der Waals surface area contributed by atoms with E-state index < -0.39 is 5.97 Å². The van der Waals surface area contributed by atoms with E-state index in [1.807, 2.05) is 12.1 Å². The second-order valence-electron chi connectivity index (χ2n) is 4.17. The van der Waals surface area contributed by atoms with E-state index >= 15 is 0 Å². The van der Waals surface area contributed by atoms with Crippen molar-refractivity contribution in [2.75, 3.05) is 7.11 Å². The molecule has 0 aliphatic carbocycles. The summed E-state index contributed by atoms with van der Waals surface area (Å²) in [5, 5.41) is 5.50. The maximum absolute atomic E-state index is 12.3. The summed E-state index contributed by atoms with van der Waals surface area (Å²) in [5.41, 5.74) is 0.380. The third-order valence-electron chi connectivity index (χ3n) is 2.84. The normalized spacial score (nSPS) is 10.5. The zero-order valence-electron chi connectivity index (χ0n) is 10.9. The van der Waals surface area contributed by atoms with Gasteiger partial charge in [-0.2, -0.15) is 5.10 Å². The molecule has 0 atom stereocenters. The zero-order chi connectivity index (χ0) is 14.7. The van der Waals surface area contributed by atoms with Gasteiger partial charge in [-0.3, -0.25) is 9.59 Å². The lowest BCUT2D eigenvalue weighted by Crippen LogP contribution is -2.28. The zero-order valence-corrected chi connectivity index (χ0v) is 12.5. The minimum atomic E-state index is -0.515. The smallest absolute Gasteiger partial charge is 0.327 e. The summed E-state index contributed by atoms with van der Waals surface area (Å²) in [6.45, 7) is 3.47. The van der Waals surface area contributed by atoms with Gasteiger partial charge in [0.2, 0.25) is 0 Å². The molecule has 0 fully saturated rings. The van der Waals surface area contributed by atoms with E-state index in [-0.39, 0.29) is 12.1 Å². The molecule has 0 amide bonds. The van der Waals surface area contributed by atoms with Crippen molar-refractivity contribution in [3.63, 3.8) is 0 Å². The molecule has 1 heterocycles. The molecule has 2 aromatic rings. The van der Waals surface area contributed by atoms with Gasteiger partial charge in [0.15, 0.2) is 0 Å². The number of hydrogen-bond donors (Lipinski definition) is 0. The molecule has 0 saturated heterocycles. The average molecular weight is 337 g/mol. The average Bonchev–Trinajstić information content (AvgIpc) is 2.44. The number of benzene rings is 1. The molecule has 6 heteroatoms. The number of nitrogens with zero attached hydrogens (tertiary/aromatic N) is 2. The number of halogens is 1. The van der Waals surface area contributed by atoms with E-state index in [1.165, 1.54) is 7.11 Å². The van der Waals surface area contributed by atoms with Gasteiger partial charge >= 0.3 is 5.97 Å². The number of fused-ring (bicyclic) bond motifs is 1. The molecule has 0 bridgehead atoms. The number of hydrogen-bond acceptors (Lipinski definition) is 4. The van der Waals surface area contributed by atoms with Crippen molar-refractivity contribution in [2.45, 2.75) is 13.0 Å². The Labute approximate surface area is 124 Å². The van der Waals surface area contributed by atoms with Crippen molar-refractivity contribution >= 4 is 32.7 Å². The first-order valence-electron chi connectivity index (χ1n) is 5.93. The number of aromatic nitrogens is 2. The number of carbonyl (C=O) groups is 1. The van der Waals surface area contributed by atoms with Crippen LogP contribution in [0.25, 0.3) is 10.8 Å². The second-order valence-corrected chi connectivity index (χ2v) is 5.08. The number of allylic oxidation sites excluding steroid dienone is 1. The third-order valence-corrected chi connectivity index (χ3v) is 3.34.